The van der Waals surface area contributed by atoms with Crippen molar-refractivity contribution < 1.29 is 9.47 Å². The average Bonchev–Trinajstić information content (AvgIpc) is 3.11. The van der Waals surface area contributed by atoms with Crippen LogP contribution in [0.3, 0.4) is 0 Å². The zero-order valence-electron chi connectivity index (χ0n) is 15.2. The number of aromatic amines is 1. The molecule has 1 N–H and O–H groups in total. The molecule has 27 heavy (non-hydrogen) atoms. The molecule has 0 saturated carbocycles. The summed E-state index contributed by atoms with van der Waals surface area (Å²) in [6.07, 6.45) is 5.30. The number of pyridine rings is 2. The fourth-order valence-corrected chi connectivity index (χ4v) is 2.76. The second-order valence-corrected chi connectivity index (χ2v) is 6.46. The van der Waals surface area contributed by atoms with E-state index >= 15 is 0 Å². The van der Waals surface area contributed by atoms with Crippen LogP contribution in [0.5, 0.6) is 11.5 Å². The lowest BCUT2D eigenvalue weighted by atomic mass is 10.2. The van der Waals surface area contributed by atoms with E-state index in [2.05, 4.69) is 19.9 Å². The summed E-state index contributed by atoms with van der Waals surface area (Å²) >= 11 is 0. The summed E-state index contributed by atoms with van der Waals surface area (Å²) < 4.78 is 11.9. The van der Waals surface area contributed by atoms with Gasteiger partial charge in [0.2, 0.25) is 0 Å². The predicted octanol–water partition coefficient (Wildman–Crippen LogP) is 4.39. The quantitative estimate of drug-likeness (QED) is 0.552. The minimum atomic E-state index is 0.0608. The van der Waals surface area contributed by atoms with Crippen LogP contribution in [0.4, 0.5) is 0 Å². The third kappa shape index (κ3) is 4.06. The van der Waals surface area contributed by atoms with E-state index in [4.69, 9.17) is 9.47 Å². The molecule has 0 fully saturated rings. The van der Waals surface area contributed by atoms with Crippen molar-refractivity contribution >= 4 is 11.2 Å². The van der Waals surface area contributed by atoms with Crippen molar-refractivity contribution in [3.63, 3.8) is 0 Å². The molecule has 0 aliphatic heterocycles. The lowest BCUT2D eigenvalue weighted by Crippen LogP contribution is -2.06. The number of ether oxygens (including phenoxy) is 2. The molecule has 0 spiro atoms. The van der Waals surface area contributed by atoms with Gasteiger partial charge in [0.1, 0.15) is 23.9 Å². The predicted molar refractivity (Wildman–Crippen MR) is 104 cm³/mol. The molecule has 1 aromatic carbocycles. The van der Waals surface area contributed by atoms with E-state index in [1.807, 2.05) is 56.3 Å². The van der Waals surface area contributed by atoms with E-state index in [1.165, 1.54) is 0 Å². The average molecular weight is 360 g/mol. The molecule has 0 radical (unpaired) electrons. The highest BCUT2D eigenvalue weighted by molar-refractivity contribution is 5.76. The number of rotatable bonds is 6. The number of hydrogen-bond acceptors (Lipinski definition) is 5. The molecular weight excluding hydrogens is 340 g/mol. The van der Waals surface area contributed by atoms with Crippen molar-refractivity contribution in [2.24, 2.45) is 0 Å². The second kappa shape index (κ2) is 7.45. The molecule has 4 aromatic rings. The number of hydrogen-bond donors (Lipinski definition) is 1. The van der Waals surface area contributed by atoms with Gasteiger partial charge in [-0.1, -0.05) is 0 Å². The minimum Gasteiger partial charge on any atom is -0.491 e. The lowest BCUT2D eigenvalue weighted by Gasteiger charge is -2.13. The fraction of sp³-hybridized carbons (Fsp3) is 0.190. The van der Waals surface area contributed by atoms with Gasteiger partial charge in [-0.3, -0.25) is 4.98 Å². The molecule has 0 amide bonds. The Kier molecular flexibility index (Phi) is 4.70. The number of imidazole rings is 1. The maximum atomic E-state index is 5.99. The highest BCUT2D eigenvalue weighted by Crippen LogP contribution is 2.30. The third-order valence-corrected chi connectivity index (χ3v) is 3.94. The first kappa shape index (κ1) is 17.0. The summed E-state index contributed by atoms with van der Waals surface area (Å²) in [5.74, 6) is 2.18. The van der Waals surface area contributed by atoms with Gasteiger partial charge in [-0.05, 0) is 55.8 Å². The molecule has 0 atom stereocenters. The summed E-state index contributed by atoms with van der Waals surface area (Å²) in [5, 5.41) is 0. The van der Waals surface area contributed by atoms with Crippen LogP contribution in [0.15, 0.2) is 61.1 Å². The van der Waals surface area contributed by atoms with Crippen LogP contribution >= 0.6 is 0 Å². The molecule has 0 aliphatic carbocycles. The molecule has 0 aliphatic rings. The van der Waals surface area contributed by atoms with Gasteiger partial charge < -0.3 is 14.5 Å². The van der Waals surface area contributed by atoms with Gasteiger partial charge in [0.25, 0.3) is 0 Å². The molecule has 0 bridgehead atoms. The first-order chi connectivity index (χ1) is 13.2. The van der Waals surface area contributed by atoms with Crippen molar-refractivity contribution in [1.82, 2.24) is 19.9 Å². The second-order valence-electron chi connectivity index (χ2n) is 6.46. The standard InChI is InChI=1S/C21H20N4O2/c1-14(2)27-18-11-16(20-24-19-4-3-7-23-21(19)25-20)10-17(12-18)26-13-15-5-8-22-9-6-15/h3-12,14H,13H2,1-2H3,(H,23,24,25). The van der Waals surface area contributed by atoms with Crippen LogP contribution < -0.4 is 9.47 Å². The van der Waals surface area contributed by atoms with Crippen LogP contribution in [-0.4, -0.2) is 26.0 Å². The molecule has 136 valence electrons. The van der Waals surface area contributed by atoms with Crippen LogP contribution in [0.2, 0.25) is 0 Å². The van der Waals surface area contributed by atoms with E-state index in [9.17, 15) is 0 Å². The van der Waals surface area contributed by atoms with E-state index in [-0.39, 0.29) is 6.10 Å². The van der Waals surface area contributed by atoms with Gasteiger partial charge in [-0.2, -0.15) is 0 Å². The number of H-pyrrole nitrogens is 1. The van der Waals surface area contributed by atoms with Crippen LogP contribution in [0.1, 0.15) is 19.4 Å². The maximum Gasteiger partial charge on any atom is 0.178 e. The highest BCUT2D eigenvalue weighted by Gasteiger charge is 2.11. The van der Waals surface area contributed by atoms with Crippen LogP contribution in [-0.2, 0) is 6.61 Å². The first-order valence-corrected chi connectivity index (χ1v) is 8.82. The summed E-state index contributed by atoms with van der Waals surface area (Å²) in [4.78, 5) is 16.2. The normalized spacial score (nSPS) is 11.1. The number of benzene rings is 1. The summed E-state index contributed by atoms with van der Waals surface area (Å²) in [7, 11) is 0. The van der Waals surface area contributed by atoms with Crippen LogP contribution in [0, 0.1) is 0 Å². The maximum absolute atomic E-state index is 5.99. The van der Waals surface area contributed by atoms with Crippen molar-refractivity contribution in [1.29, 1.82) is 0 Å². The van der Waals surface area contributed by atoms with Crippen LogP contribution in [0.25, 0.3) is 22.6 Å². The number of fused-ring (bicyclic) bond motifs is 1. The Labute approximate surface area is 157 Å². The Bertz CT molecular complexity index is 1010. The Balaban J connectivity index is 1.67. The topological polar surface area (TPSA) is 72.9 Å². The molecule has 6 heteroatoms. The summed E-state index contributed by atoms with van der Waals surface area (Å²) in [6, 6.07) is 13.5. The van der Waals surface area contributed by atoms with E-state index in [0.29, 0.717) is 18.0 Å². The zero-order valence-corrected chi connectivity index (χ0v) is 15.2. The lowest BCUT2D eigenvalue weighted by molar-refractivity contribution is 0.239. The van der Waals surface area contributed by atoms with Crippen molar-refractivity contribution in [2.75, 3.05) is 0 Å². The zero-order chi connectivity index (χ0) is 18.6. The molecule has 6 nitrogen and oxygen atoms in total. The van der Waals surface area contributed by atoms with Gasteiger partial charge in [0.05, 0.1) is 11.6 Å². The summed E-state index contributed by atoms with van der Waals surface area (Å²) in [6.45, 7) is 4.44. The van der Waals surface area contributed by atoms with Crippen molar-refractivity contribution in [2.45, 2.75) is 26.6 Å². The largest absolute Gasteiger partial charge is 0.491 e. The highest BCUT2D eigenvalue weighted by atomic mass is 16.5. The number of aromatic nitrogens is 4. The first-order valence-electron chi connectivity index (χ1n) is 8.82. The fourth-order valence-electron chi connectivity index (χ4n) is 2.76. The minimum absolute atomic E-state index is 0.0608. The van der Waals surface area contributed by atoms with E-state index in [0.717, 1.165) is 28.2 Å². The Morgan fingerprint density at radius 1 is 1.00 bits per heavy atom. The Hall–Kier alpha value is -3.41. The number of nitrogens with one attached hydrogen (secondary N) is 1. The monoisotopic (exact) mass is 360 g/mol. The van der Waals surface area contributed by atoms with Gasteiger partial charge >= 0.3 is 0 Å². The van der Waals surface area contributed by atoms with Gasteiger partial charge in [-0.15, -0.1) is 0 Å². The van der Waals surface area contributed by atoms with Gasteiger partial charge in [0, 0.05) is 30.2 Å². The van der Waals surface area contributed by atoms with Crippen molar-refractivity contribution in [3.05, 3.63) is 66.6 Å². The molecule has 4 rings (SSSR count). The van der Waals surface area contributed by atoms with Gasteiger partial charge in [-0.25, -0.2) is 9.97 Å². The van der Waals surface area contributed by atoms with Crippen molar-refractivity contribution in [3.8, 4) is 22.9 Å². The molecule has 3 aromatic heterocycles. The molecular formula is C21H20N4O2. The molecule has 0 unspecified atom stereocenters. The van der Waals surface area contributed by atoms with E-state index < -0.39 is 0 Å². The third-order valence-electron chi connectivity index (χ3n) is 3.94. The Morgan fingerprint density at radius 2 is 1.81 bits per heavy atom. The Morgan fingerprint density at radius 3 is 2.59 bits per heavy atom. The van der Waals surface area contributed by atoms with E-state index in [1.54, 1.807) is 18.6 Å². The SMILES string of the molecule is CC(C)Oc1cc(OCc2ccncc2)cc(-c2nc3ncccc3[nH]2)c1. The summed E-state index contributed by atoms with van der Waals surface area (Å²) in [5.41, 5.74) is 3.51. The number of nitrogens with zero attached hydrogens (tertiary/aromatic N) is 3. The smallest absolute Gasteiger partial charge is 0.178 e. The van der Waals surface area contributed by atoms with Gasteiger partial charge in [0.15, 0.2) is 5.65 Å². The molecule has 3 heterocycles. The molecule has 0 saturated heterocycles.